The molecule has 7 heteroatoms. The lowest BCUT2D eigenvalue weighted by molar-refractivity contribution is -0.605. The van der Waals surface area contributed by atoms with Crippen molar-refractivity contribution in [2.45, 2.75) is 6.92 Å². The molecule has 0 saturated carbocycles. The second-order valence-electron chi connectivity index (χ2n) is 4.14. The van der Waals surface area contributed by atoms with Crippen LogP contribution in [0.5, 0.6) is 11.5 Å². The quantitative estimate of drug-likeness (QED) is 0.298. The highest BCUT2D eigenvalue weighted by atomic mass is 127. The van der Waals surface area contributed by atoms with Gasteiger partial charge in [-0.2, -0.15) is 0 Å². The molecule has 0 fully saturated rings. The first-order chi connectivity index (χ1) is 9.91. The van der Waals surface area contributed by atoms with Crippen molar-refractivity contribution < 1.29 is 41.1 Å². The minimum Gasteiger partial charge on any atom is -0.865 e. The second kappa shape index (κ2) is 6.08. The number of carbonyl (C=O) groups excluding carboxylic acids is 1. The van der Waals surface area contributed by atoms with Gasteiger partial charge in [-0.1, -0.05) is 18.2 Å². The van der Waals surface area contributed by atoms with E-state index in [0.29, 0.717) is 0 Å². The molecule has 0 atom stereocenters. The summed E-state index contributed by atoms with van der Waals surface area (Å²) in [6, 6.07) is 9.76. The molecule has 0 aliphatic heterocycles. The first kappa shape index (κ1) is 15.2. The minimum atomic E-state index is -1.12. The molecule has 2 aromatic carbocycles. The zero-order valence-corrected chi connectivity index (χ0v) is 13.0. The Kier molecular flexibility index (Phi) is 4.41. The van der Waals surface area contributed by atoms with Gasteiger partial charge in [-0.3, -0.25) is 14.9 Å². The highest BCUT2D eigenvalue weighted by Gasteiger charge is 2.30. The number of nitrogens with zero attached hydrogens (tertiary/aromatic N) is 1. The molecule has 0 radical (unpaired) electrons. The summed E-state index contributed by atoms with van der Waals surface area (Å²) in [5.41, 5.74) is -0.865. The molecule has 2 aromatic rings. The second-order valence-corrected chi connectivity index (χ2v) is 7.00. The molecular formula is C14H10INO5. The Labute approximate surface area is 130 Å². The maximum atomic E-state index is 12.1. The molecule has 1 N–H and O–H groups in total. The van der Waals surface area contributed by atoms with Crippen LogP contribution in [0.2, 0.25) is 0 Å². The molecule has 0 saturated heterocycles. The van der Waals surface area contributed by atoms with Crippen molar-refractivity contribution in [3.8, 4) is 11.5 Å². The predicted octanol–water partition coefficient (Wildman–Crippen LogP) is -1.29. The molecule has 0 bridgehead atoms. The van der Waals surface area contributed by atoms with Gasteiger partial charge in [0.25, 0.3) is 5.69 Å². The summed E-state index contributed by atoms with van der Waals surface area (Å²) in [5.74, 6) is -1.78. The summed E-state index contributed by atoms with van der Waals surface area (Å²) in [5, 5.41) is 33.2. The molecule has 0 amide bonds. The number of hydrogen-bond acceptors (Lipinski definition) is 5. The van der Waals surface area contributed by atoms with Gasteiger partial charge >= 0.3 is 21.2 Å². The Morgan fingerprint density at radius 1 is 1.29 bits per heavy atom. The number of phenolic OH excluding ortho intramolecular Hbond substituents is 1. The lowest BCUT2D eigenvalue weighted by atomic mass is 10.1. The van der Waals surface area contributed by atoms with E-state index >= 15 is 0 Å². The molecule has 108 valence electrons. The van der Waals surface area contributed by atoms with Crippen LogP contribution in [0.3, 0.4) is 0 Å². The number of phenols is 1. The van der Waals surface area contributed by atoms with E-state index in [1.807, 2.05) is 0 Å². The normalized spacial score (nSPS) is 10.3. The van der Waals surface area contributed by atoms with Crippen molar-refractivity contribution in [1.82, 2.24) is 0 Å². The third-order valence-electron chi connectivity index (χ3n) is 2.69. The first-order valence-electron chi connectivity index (χ1n) is 5.84. The lowest BCUT2D eigenvalue weighted by Crippen LogP contribution is -3.61. The maximum absolute atomic E-state index is 12.1. The van der Waals surface area contributed by atoms with Gasteiger partial charge in [-0.15, -0.1) is 0 Å². The molecule has 0 aliphatic carbocycles. The van der Waals surface area contributed by atoms with Crippen LogP contribution in [0.15, 0.2) is 36.4 Å². The molecule has 0 spiro atoms. The number of aromatic hydroxyl groups is 1. The summed E-state index contributed by atoms with van der Waals surface area (Å²) in [6.07, 6.45) is 0. The van der Waals surface area contributed by atoms with Crippen molar-refractivity contribution in [3.63, 3.8) is 0 Å². The van der Waals surface area contributed by atoms with Gasteiger partial charge in [0.1, 0.15) is 0 Å². The van der Waals surface area contributed by atoms with Gasteiger partial charge in [0.15, 0.2) is 15.1 Å². The van der Waals surface area contributed by atoms with Crippen LogP contribution in [0.4, 0.5) is 5.69 Å². The average Bonchev–Trinajstić information content (AvgIpc) is 2.44. The van der Waals surface area contributed by atoms with Crippen LogP contribution in [0.25, 0.3) is 0 Å². The number of halogens is 1. The van der Waals surface area contributed by atoms with Crippen LogP contribution in [0, 0.1) is 17.3 Å². The topological polar surface area (TPSA) is 104 Å². The smallest absolute Gasteiger partial charge is 0.361 e. The monoisotopic (exact) mass is 399 g/mol. The van der Waals surface area contributed by atoms with Gasteiger partial charge in [-0.05, 0) is 19.1 Å². The fourth-order valence-corrected chi connectivity index (χ4v) is 4.15. The van der Waals surface area contributed by atoms with Crippen LogP contribution in [0.1, 0.15) is 17.3 Å². The number of carbonyl (C=O) groups is 1. The number of hydrogen-bond donors (Lipinski definition) is 1. The molecule has 21 heavy (non-hydrogen) atoms. The SMILES string of the molecule is CC(=O)c1cc([N+](=O)[O-])c([O-])c([I+]c2ccccc2)c1O. The number of benzene rings is 2. The fourth-order valence-electron chi connectivity index (χ4n) is 1.69. The van der Waals surface area contributed by atoms with Crippen molar-refractivity contribution in [2.24, 2.45) is 0 Å². The van der Waals surface area contributed by atoms with E-state index in [1.165, 1.54) is 6.92 Å². The van der Waals surface area contributed by atoms with E-state index in [9.17, 15) is 25.1 Å². The number of nitro groups is 1. The molecule has 2 rings (SSSR count). The Morgan fingerprint density at radius 3 is 2.43 bits per heavy atom. The van der Waals surface area contributed by atoms with Crippen LogP contribution in [-0.2, 0) is 0 Å². The van der Waals surface area contributed by atoms with E-state index in [-0.39, 0.29) is 9.13 Å². The minimum absolute atomic E-state index is 0.0283. The van der Waals surface area contributed by atoms with Gasteiger partial charge in [0, 0.05) is 11.8 Å². The number of nitro benzene ring substituents is 1. The van der Waals surface area contributed by atoms with Crippen molar-refractivity contribution in [1.29, 1.82) is 0 Å². The highest BCUT2D eigenvalue weighted by molar-refractivity contribution is 5.97. The van der Waals surface area contributed by atoms with Crippen LogP contribution < -0.4 is 26.3 Å². The largest absolute Gasteiger partial charge is 0.865 e. The van der Waals surface area contributed by atoms with Crippen molar-refractivity contribution >= 4 is 11.5 Å². The first-order valence-corrected chi connectivity index (χ1v) is 7.99. The van der Waals surface area contributed by atoms with Gasteiger partial charge in [0.2, 0.25) is 3.57 Å². The van der Waals surface area contributed by atoms with E-state index in [1.54, 1.807) is 30.3 Å². The lowest BCUT2D eigenvalue weighted by Gasteiger charge is -2.10. The molecule has 0 aliphatic rings. The van der Waals surface area contributed by atoms with Crippen molar-refractivity contribution in [3.05, 3.63) is 59.2 Å². The van der Waals surface area contributed by atoms with Crippen LogP contribution >= 0.6 is 0 Å². The summed E-state index contributed by atoms with van der Waals surface area (Å²) in [7, 11) is 0. The number of rotatable bonds is 4. The van der Waals surface area contributed by atoms with Gasteiger partial charge < -0.3 is 10.2 Å². The fraction of sp³-hybridized carbons (Fsp3) is 0.0714. The summed E-state index contributed by atoms with van der Waals surface area (Å²) < 4.78 is 0.790. The summed E-state index contributed by atoms with van der Waals surface area (Å²) >= 11 is -1.12. The average molecular weight is 399 g/mol. The van der Waals surface area contributed by atoms with Crippen LogP contribution in [-0.4, -0.2) is 15.8 Å². The molecule has 0 heterocycles. The molecule has 6 nitrogen and oxygen atoms in total. The summed E-state index contributed by atoms with van der Waals surface area (Å²) in [4.78, 5) is 21.6. The predicted molar refractivity (Wildman–Crippen MR) is 68.0 cm³/mol. The zero-order chi connectivity index (χ0) is 15.6. The number of Topliss-reactive ketones (excluding diaryl/α,β-unsaturated/α-hetero) is 1. The maximum Gasteiger partial charge on any atom is 0.361 e. The standard InChI is InChI=1S/C14H10INO5/c1-8(17)10-7-11(16(20)21)14(19)12(13(10)18)15-9-5-3-2-4-6-9/h2-7H,1H3,(H-,17,18,19). The van der Waals surface area contributed by atoms with E-state index in [2.05, 4.69) is 0 Å². The van der Waals surface area contributed by atoms with Crippen molar-refractivity contribution in [2.75, 3.05) is 0 Å². The summed E-state index contributed by atoms with van der Waals surface area (Å²) in [6.45, 7) is 1.19. The van der Waals surface area contributed by atoms with E-state index < -0.39 is 49.1 Å². The van der Waals surface area contributed by atoms with E-state index in [4.69, 9.17) is 0 Å². The van der Waals surface area contributed by atoms with Gasteiger partial charge in [-0.25, -0.2) is 0 Å². The Bertz CT molecular complexity index is 677. The molecular weight excluding hydrogens is 389 g/mol. The van der Waals surface area contributed by atoms with E-state index in [0.717, 1.165) is 9.64 Å². The third kappa shape index (κ3) is 3.13. The number of ketones is 1. The third-order valence-corrected chi connectivity index (χ3v) is 5.57. The molecule has 0 aromatic heterocycles. The molecule has 0 unspecified atom stereocenters. The zero-order valence-electron chi connectivity index (χ0n) is 10.9. The highest BCUT2D eigenvalue weighted by Crippen LogP contribution is 2.31. The Hall–Kier alpha value is -2.16. The van der Waals surface area contributed by atoms with Gasteiger partial charge in [0.05, 0.1) is 10.5 Å². The Balaban J connectivity index is 2.63. The Morgan fingerprint density at radius 2 is 1.90 bits per heavy atom.